The molecule has 0 aromatic heterocycles. The molecule has 1 aromatic rings. The Morgan fingerprint density at radius 3 is 2.79 bits per heavy atom. The molecule has 0 aliphatic carbocycles. The molecule has 0 unspecified atom stereocenters. The van der Waals surface area contributed by atoms with Crippen molar-refractivity contribution in [2.75, 3.05) is 20.1 Å². The molecule has 0 radical (unpaired) electrons. The summed E-state index contributed by atoms with van der Waals surface area (Å²) >= 11 is 0. The largest absolute Gasteiger partial charge is 0.486 e. The number of nitrogens with one attached hydrogen (secondary N) is 1. The molecule has 1 saturated heterocycles. The minimum Gasteiger partial charge on any atom is -0.486 e. The molecule has 1 fully saturated rings. The molecule has 1 heterocycles. The molecule has 19 heavy (non-hydrogen) atoms. The van der Waals surface area contributed by atoms with E-state index in [2.05, 4.69) is 48.8 Å². The van der Waals surface area contributed by atoms with Crippen molar-refractivity contribution < 1.29 is 4.74 Å². The van der Waals surface area contributed by atoms with Gasteiger partial charge < -0.3 is 15.0 Å². The summed E-state index contributed by atoms with van der Waals surface area (Å²) in [5.41, 5.74) is 2.63. The van der Waals surface area contributed by atoms with Gasteiger partial charge in [0.05, 0.1) is 18.9 Å². The quantitative estimate of drug-likeness (QED) is 0.851. The van der Waals surface area contributed by atoms with Crippen LogP contribution in [0.3, 0.4) is 0 Å². The number of hydrogen-bond acceptors (Lipinski definition) is 3. The molecule has 1 N–H and O–H groups in total. The lowest BCUT2D eigenvalue weighted by Gasteiger charge is -2.41. The number of nitrogens with zero attached hydrogens (tertiary/aromatic N) is 1. The van der Waals surface area contributed by atoms with Crippen LogP contribution in [0.1, 0.15) is 24.5 Å². The number of aryl methyl sites for hydroxylation is 2. The molecule has 2 rings (SSSR count). The zero-order valence-corrected chi connectivity index (χ0v) is 12.2. The van der Waals surface area contributed by atoms with Gasteiger partial charge in [0.15, 0.2) is 0 Å². The lowest BCUT2D eigenvalue weighted by molar-refractivity contribution is 0.0398. The van der Waals surface area contributed by atoms with Crippen molar-refractivity contribution in [1.29, 1.82) is 0 Å². The zero-order chi connectivity index (χ0) is 13.8. The second-order valence-corrected chi connectivity index (χ2v) is 5.19. The Hall–Kier alpha value is -1.64. The second-order valence-electron chi connectivity index (χ2n) is 5.19. The first kappa shape index (κ1) is 13.8. The van der Waals surface area contributed by atoms with Gasteiger partial charge in [-0.2, -0.15) is 0 Å². The van der Waals surface area contributed by atoms with Crippen LogP contribution < -0.4 is 10.1 Å². The first-order valence-electron chi connectivity index (χ1n) is 7.01. The van der Waals surface area contributed by atoms with Crippen LogP contribution in [0.5, 0.6) is 5.75 Å². The van der Waals surface area contributed by atoms with Gasteiger partial charge in [0.1, 0.15) is 11.9 Å². The van der Waals surface area contributed by atoms with E-state index in [1.165, 1.54) is 17.5 Å². The summed E-state index contributed by atoms with van der Waals surface area (Å²) in [6.07, 6.45) is 2.60. The Kier molecular flexibility index (Phi) is 4.35. The van der Waals surface area contributed by atoms with E-state index in [9.17, 15) is 0 Å². The monoisotopic (exact) mass is 260 g/mol. The Bertz CT molecular complexity index is 450. The van der Waals surface area contributed by atoms with Gasteiger partial charge in [-0.1, -0.05) is 32.1 Å². The first-order valence-corrected chi connectivity index (χ1v) is 7.01. The molecule has 0 amide bonds. The van der Waals surface area contributed by atoms with Gasteiger partial charge in [-0.05, 0) is 30.5 Å². The molecule has 104 valence electrons. The fourth-order valence-corrected chi connectivity index (χ4v) is 2.36. The maximum absolute atomic E-state index is 6.03. The molecule has 3 nitrogen and oxygen atoms in total. The topological polar surface area (TPSA) is 24.5 Å². The number of rotatable bonds is 6. The lowest BCUT2D eigenvalue weighted by atomic mass is 10.1. The highest BCUT2D eigenvalue weighted by Gasteiger charge is 2.29. The SMILES string of the molecule is C=C(NC)N1CC(Oc2ccc(CCC)cc2C)C1. The minimum atomic E-state index is 0.279. The smallest absolute Gasteiger partial charge is 0.134 e. The van der Waals surface area contributed by atoms with Crippen molar-refractivity contribution in [1.82, 2.24) is 10.2 Å². The van der Waals surface area contributed by atoms with E-state index < -0.39 is 0 Å². The van der Waals surface area contributed by atoms with E-state index in [1.54, 1.807) is 0 Å². The Balaban J connectivity index is 1.89. The zero-order valence-electron chi connectivity index (χ0n) is 12.2. The number of ether oxygens (including phenoxy) is 1. The van der Waals surface area contributed by atoms with Crippen LogP contribution in [0.2, 0.25) is 0 Å². The third kappa shape index (κ3) is 3.22. The first-order chi connectivity index (χ1) is 9.13. The van der Waals surface area contributed by atoms with Gasteiger partial charge in [0, 0.05) is 7.05 Å². The number of hydrogen-bond donors (Lipinski definition) is 1. The maximum Gasteiger partial charge on any atom is 0.134 e. The Morgan fingerprint density at radius 1 is 1.47 bits per heavy atom. The van der Waals surface area contributed by atoms with E-state index in [1.807, 2.05) is 7.05 Å². The summed E-state index contributed by atoms with van der Waals surface area (Å²) in [4.78, 5) is 2.19. The minimum absolute atomic E-state index is 0.279. The molecule has 0 saturated carbocycles. The second kappa shape index (κ2) is 6.00. The van der Waals surface area contributed by atoms with Crippen molar-refractivity contribution in [3.05, 3.63) is 41.7 Å². The number of benzene rings is 1. The van der Waals surface area contributed by atoms with Gasteiger partial charge in [-0.15, -0.1) is 0 Å². The van der Waals surface area contributed by atoms with Crippen LogP contribution in [0.4, 0.5) is 0 Å². The van der Waals surface area contributed by atoms with Gasteiger partial charge in [-0.3, -0.25) is 0 Å². The molecule has 3 heteroatoms. The molecule has 0 bridgehead atoms. The van der Waals surface area contributed by atoms with Crippen molar-refractivity contribution in [3.8, 4) is 5.75 Å². The summed E-state index contributed by atoms with van der Waals surface area (Å²) in [6.45, 7) is 10.1. The predicted octanol–water partition coefficient (Wildman–Crippen LogP) is 2.70. The fourth-order valence-electron chi connectivity index (χ4n) is 2.36. The lowest BCUT2D eigenvalue weighted by Crippen LogP contribution is -2.54. The van der Waals surface area contributed by atoms with Gasteiger partial charge >= 0.3 is 0 Å². The van der Waals surface area contributed by atoms with Crippen LogP contribution in [0, 0.1) is 6.92 Å². The van der Waals surface area contributed by atoms with E-state index in [-0.39, 0.29) is 6.10 Å². The molecule has 1 aromatic carbocycles. The highest BCUT2D eigenvalue weighted by atomic mass is 16.5. The Morgan fingerprint density at radius 2 is 2.21 bits per heavy atom. The molecule has 1 aliphatic rings. The highest BCUT2D eigenvalue weighted by molar-refractivity contribution is 5.36. The van der Waals surface area contributed by atoms with Crippen LogP contribution >= 0.6 is 0 Å². The summed E-state index contributed by atoms with van der Waals surface area (Å²) in [5.74, 6) is 1.98. The fraction of sp³-hybridized carbons (Fsp3) is 0.500. The van der Waals surface area contributed by atoms with Crippen molar-refractivity contribution in [3.63, 3.8) is 0 Å². The van der Waals surface area contributed by atoms with Crippen molar-refractivity contribution in [2.24, 2.45) is 0 Å². The predicted molar refractivity (Wildman–Crippen MR) is 79.4 cm³/mol. The van der Waals surface area contributed by atoms with E-state index in [4.69, 9.17) is 4.74 Å². The van der Waals surface area contributed by atoms with Gasteiger partial charge in [0.2, 0.25) is 0 Å². The standard InChI is InChI=1S/C16H24N2O/c1-5-6-14-7-8-16(12(2)9-14)19-15-10-18(11-15)13(3)17-4/h7-9,15,17H,3,5-6,10-11H2,1-2,4H3. The van der Waals surface area contributed by atoms with E-state index in [0.717, 1.165) is 31.1 Å². The molecular formula is C16H24N2O. The van der Waals surface area contributed by atoms with Gasteiger partial charge in [0.25, 0.3) is 0 Å². The van der Waals surface area contributed by atoms with Crippen LogP contribution in [-0.4, -0.2) is 31.1 Å². The summed E-state index contributed by atoms with van der Waals surface area (Å²) in [7, 11) is 1.90. The molecule has 1 aliphatic heterocycles. The summed E-state index contributed by atoms with van der Waals surface area (Å²) < 4.78 is 6.03. The van der Waals surface area contributed by atoms with Crippen LogP contribution in [0.25, 0.3) is 0 Å². The average molecular weight is 260 g/mol. The third-order valence-electron chi connectivity index (χ3n) is 3.59. The molecular weight excluding hydrogens is 236 g/mol. The summed E-state index contributed by atoms with van der Waals surface area (Å²) in [6, 6.07) is 6.52. The van der Waals surface area contributed by atoms with Gasteiger partial charge in [-0.25, -0.2) is 0 Å². The maximum atomic E-state index is 6.03. The van der Waals surface area contributed by atoms with Crippen LogP contribution in [-0.2, 0) is 6.42 Å². The number of likely N-dealkylation sites (tertiary alicyclic amines) is 1. The molecule has 0 spiro atoms. The average Bonchev–Trinajstić information content (AvgIpc) is 2.35. The summed E-state index contributed by atoms with van der Waals surface area (Å²) in [5, 5.41) is 3.06. The van der Waals surface area contributed by atoms with E-state index in [0.29, 0.717) is 0 Å². The van der Waals surface area contributed by atoms with Crippen molar-refractivity contribution >= 4 is 0 Å². The Labute approximate surface area is 116 Å². The highest BCUT2D eigenvalue weighted by Crippen LogP contribution is 2.24. The third-order valence-corrected chi connectivity index (χ3v) is 3.59. The van der Waals surface area contributed by atoms with Crippen molar-refractivity contribution in [2.45, 2.75) is 32.8 Å². The van der Waals surface area contributed by atoms with E-state index >= 15 is 0 Å². The van der Waals surface area contributed by atoms with Crippen LogP contribution in [0.15, 0.2) is 30.6 Å². The molecule has 0 atom stereocenters. The normalized spacial score (nSPS) is 15.0.